The van der Waals surface area contributed by atoms with Gasteiger partial charge in [-0.05, 0) is 112 Å². The predicted octanol–water partition coefficient (Wildman–Crippen LogP) is 2.42. The quantitative estimate of drug-likeness (QED) is 0.132. The summed E-state index contributed by atoms with van der Waals surface area (Å²) in [7, 11) is -5.05. The van der Waals surface area contributed by atoms with E-state index in [9.17, 15) is 45.6 Å². The molecule has 4 heterocycles. The normalized spacial score (nSPS) is 30.9. The van der Waals surface area contributed by atoms with Gasteiger partial charge in [-0.15, -0.1) is 0 Å². The zero-order chi connectivity index (χ0) is 60.3. The summed E-state index contributed by atoms with van der Waals surface area (Å²) in [6, 6.07) is 9.05. The number of fused-ring (bicyclic) bond motifs is 4. The van der Waals surface area contributed by atoms with Crippen LogP contribution in [0.5, 0.6) is 11.5 Å². The molecule has 10 unspecified atom stereocenters. The third-order valence-corrected chi connectivity index (χ3v) is 21.4. The Morgan fingerprint density at radius 2 is 0.988 bits per heavy atom. The van der Waals surface area contributed by atoms with E-state index in [2.05, 4.69) is 30.7 Å². The van der Waals surface area contributed by atoms with Gasteiger partial charge in [0.15, 0.2) is 0 Å². The summed E-state index contributed by atoms with van der Waals surface area (Å²) >= 11 is 0. The fourth-order valence-electron chi connectivity index (χ4n) is 12.4. The number of nitrogens with one attached hydrogen (secondary N) is 6. The molecule has 6 fully saturated rings. The second kappa shape index (κ2) is 25.6. The minimum absolute atomic E-state index is 0.0919. The number of amides is 8. The van der Waals surface area contributed by atoms with Crippen molar-refractivity contribution in [3.8, 4) is 11.5 Å². The Morgan fingerprint density at radius 3 is 1.38 bits per heavy atom. The van der Waals surface area contributed by atoms with Crippen molar-refractivity contribution in [2.75, 3.05) is 27.3 Å². The number of hydrogen-bond donors (Lipinski definition) is 6. The van der Waals surface area contributed by atoms with Crippen molar-refractivity contribution in [3.05, 3.63) is 84.0 Å². The first-order valence-electron chi connectivity index (χ1n) is 29.9. The monoisotopic (exact) mass is 1210 g/mol. The van der Waals surface area contributed by atoms with Crippen LogP contribution in [0.1, 0.15) is 127 Å². The average Bonchev–Trinajstić information content (AvgIpc) is 1.82. The third kappa shape index (κ3) is 14.5. The molecule has 0 aromatic heterocycles. The van der Waals surface area contributed by atoms with Crippen LogP contribution in [0, 0.1) is 11.8 Å². The SMILES string of the molecule is COc1cccc(CC(=O)NC2CCCCC/C=C\C3CC3(C(=O)NS(=O)(=O)C3CC3)NC(=O)C3CC(OC4CC5C(=O)NC6(C(=O)NS(=O)(=O)C7CC7)CC6/C=C\CCCCCC(NC(=O)Cc6cccc(OC)c6)C(=O)N5C4)CN3C2=O)c1. The van der Waals surface area contributed by atoms with Crippen molar-refractivity contribution in [3.63, 3.8) is 0 Å². The smallest absolute Gasteiger partial charge is 0.259 e. The van der Waals surface area contributed by atoms with Crippen molar-refractivity contribution in [1.82, 2.24) is 40.5 Å². The Labute approximate surface area is 496 Å². The Hall–Kier alpha value is -6.86. The van der Waals surface area contributed by atoms with Gasteiger partial charge in [-0.2, -0.15) is 0 Å². The van der Waals surface area contributed by atoms with E-state index in [0.29, 0.717) is 99.7 Å². The molecule has 25 heteroatoms. The van der Waals surface area contributed by atoms with Gasteiger partial charge < -0.3 is 45.3 Å². The Bertz CT molecular complexity index is 3010. The zero-order valence-electron chi connectivity index (χ0n) is 48.1. The van der Waals surface area contributed by atoms with Gasteiger partial charge in [-0.1, -0.05) is 74.3 Å². The van der Waals surface area contributed by atoms with E-state index in [-0.39, 0.29) is 64.5 Å². The fourth-order valence-corrected chi connectivity index (χ4v) is 15.1. The van der Waals surface area contributed by atoms with Crippen LogP contribution in [0.3, 0.4) is 0 Å². The van der Waals surface area contributed by atoms with Crippen molar-refractivity contribution in [2.45, 2.75) is 186 Å². The number of hydrogen-bond acceptors (Lipinski definition) is 15. The number of sulfonamides is 2. The highest BCUT2D eigenvalue weighted by Gasteiger charge is 2.64. The second-order valence-corrected chi connectivity index (χ2v) is 28.1. The van der Waals surface area contributed by atoms with E-state index in [0.717, 1.165) is 0 Å². The molecule has 0 radical (unpaired) electrons. The standard InChI is InChI=1S/C60H78N8O15S2/c1-81-41-19-13-15-37(27-41)29-51(69)61-47-21-11-7-3-5-9-17-39-33-59(39,57(75)65-84(77,78)45-23-24-45)63-53(71)49-31-43(35-67(49)55(47)73)83-44-32-50-54(72)64-60(58(76)66-85(79,80)46-25-26-46)34-40(60)18-10-6-4-8-12-22-48(56(74)68(50)36-44)62-52(70)30-38-16-14-20-42(28-38)82-2/h9-10,13-20,27-28,39-40,43-50H,3-8,11-12,21-26,29-36H2,1-2H3,(H,61,69)(H,62,70)(H,63,71)(H,64,72)(H,65,75)(H,66,76)/b17-9-,18-10-. The van der Waals surface area contributed by atoms with Crippen molar-refractivity contribution < 1.29 is 69.4 Å². The van der Waals surface area contributed by atoms with Crippen molar-refractivity contribution >= 4 is 67.3 Å². The highest BCUT2D eigenvalue weighted by Crippen LogP contribution is 2.48. The number of benzene rings is 2. The highest BCUT2D eigenvalue weighted by atomic mass is 32.2. The van der Waals surface area contributed by atoms with Gasteiger partial charge in [0, 0.05) is 37.8 Å². The lowest BCUT2D eigenvalue weighted by molar-refractivity contribution is -0.142. The first-order chi connectivity index (χ1) is 40.7. The molecule has 2 aromatic carbocycles. The minimum atomic E-state index is -4.03. The van der Waals surface area contributed by atoms with E-state index in [1.54, 1.807) is 48.5 Å². The second-order valence-electron chi connectivity index (χ2n) is 24.2. The van der Waals surface area contributed by atoms with E-state index in [4.69, 9.17) is 14.2 Å². The molecule has 2 aromatic rings. The van der Waals surface area contributed by atoms with E-state index in [1.165, 1.54) is 24.0 Å². The molecule has 85 heavy (non-hydrogen) atoms. The minimum Gasteiger partial charge on any atom is -0.497 e. The number of carbonyl (C=O) groups is 8. The maximum Gasteiger partial charge on any atom is 0.259 e. The molecule has 4 aliphatic carbocycles. The zero-order valence-corrected chi connectivity index (χ0v) is 49.7. The number of nitrogens with zero attached hydrogens (tertiary/aromatic N) is 2. The van der Waals surface area contributed by atoms with Gasteiger partial charge >= 0.3 is 0 Å². The van der Waals surface area contributed by atoms with Crippen LogP contribution >= 0.6 is 0 Å². The van der Waals surface area contributed by atoms with Crippen LogP contribution in [-0.2, 0) is 76.0 Å². The van der Waals surface area contributed by atoms with Crippen LogP contribution in [-0.4, -0.2) is 159 Å². The van der Waals surface area contributed by atoms with Gasteiger partial charge in [-0.25, -0.2) is 16.8 Å². The number of ether oxygens (including phenoxy) is 3. The number of carbonyl (C=O) groups excluding carboxylic acids is 8. The molecule has 8 aliphatic rings. The topological polar surface area (TPSA) is 311 Å². The van der Waals surface area contributed by atoms with Gasteiger partial charge in [-0.3, -0.25) is 47.8 Å². The summed E-state index contributed by atoms with van der Waals surface area (Å²) < 4.78 is 74.7. The summed E-state index contributed by atoms with van der Waals surface area (Å²) in [5.41, 5.74) is -2.06. The third-order valence-electron chi connectivity index (χ3n) is 17.7. The van der Waals surface area contributed by atoms with Crippen molar-refractivity contribution in [1.29, 1.82) is 0 Å². The fraction of sp³-hybridized carbons (Fsp3) is 0.600. The van der Waals surface area contributed by atoms with Crippen LogP contribution in [0.15, 0.2) is 72.8 Å². The van der Waals surface area contributed by atoms with Gasteiger partial charge in [0.05, 0.1) is 49.8 Å². The van der Waals surface area contributed by atoms with E-state index >= 15 is 9.59 Å². The molecule has 23 nitrogen and oxygen atoms in total. The van der Waals surface area contributed by atoms with Gasteiger partial charge in [0.1, 0.15) is 46.7 Å². The molecule has 8 amide bonds. The molecule has 2 saturated heterocycles. The molecule has 0 bridgehead atoms. The number of rotatable bonds is 16. The van der Waals surface area contributed by atoms with E-state index in [1.807, 2.05) is 24.3 Å². The maximum atomic E-state index is 15.2. The Kier molecular flexibility index (Phi) is 18.5. The number of methoxy groups -OCH3 is 2. The number of allylic oxidation sites excluding steroid dienone is 2. The Morgan fingerprint density at radius 1 is 0.576 bits per heavy atom. The van der Waals surface area contributed by atoms with Gasteiger partial charge in [0.2, 0.25) is 55.5 Å². The van der Waals surface area contributed by atoms with Crippen molar-refractivity contribution in [2.24, 2.45) is 11.8 Å². The highest BCUT2D eigenvalue weighted by molar-refractivity contribution is 7.91. The predicted molar refractivity (Wildman–Crippen MR) is 309 cm³/mol. The largest absolute Gasteiger partial charge is 0.497 e. The molecule has 4 saturated carbocycles. The van der Waals surface area contributed by atoms with E-state index < -0.39 is 137 Å². The molecule has 10 atom stereocenters. The lowest BCUT2D eigenvalue weighted by Crippen LogP contribution is -2.58. The first-order valence-corrected chi connectivity index (χ1v) is 33.0. The first kappa shape index (κ1) is 61.2. The molecule has 460 valence electrons. The lowest BCUT2D eigenvalue weighted by Gasteiger charge is -2.30. The molecular weight excluding hydrogens is 1140 g/mol. The van der Waals surface area contributed by atoms with Crippen LogP contribution in [0.4, 0.5) is 0 Å². The van der Waals surface area contributed by atoms with Crippen LogP contribution in [0.2, 0.25) is 0 Å². The Balaban J connectivity index is 0.939. The molecule has 10 rings (SSSR count). The average molecular weight is 1220 g/mol. The van der Waals surface area contributed by atoms with Crippen LogP contribution < -0.4 is 40.2 Å². The summed E-state index contributed by atoms with van der Waals surface area (Å²) in [6.45, 7) is -0.427. The summed E-state index contributed by atoms with van der Waals surface area (Å²) in [6.07, 6.45) is 12.2. The molecule has 0 spiro atoms. The summed E-state index contributed by atoms with van der Waals surface area (Å²) in [4.78, 5) is 119. The molecule has 4 aliphatic heterocycles. The van der Waals surface area contributed by atoms with Gasteiger partial charge in [0.25, 0.3) is 11.8 Å². The summed E-state index contributed by atoms with van der Waals surface area (Å²) in [5, 5.41) is 10.2. The lowest BCUT2D eigenvalue weighted by atomic mass is 10.0. The summed E-state index contributed by atoms with van der Waals surface area (Å²) in [5.74, 6) is -5.44. The van der Waals surface area contributed by atoms with Crippen LogP contribution in [0.25, 0.3) is 0 Å². The molecular formula is C60H78N8O15S2. The molecule has 6 N–H and O–H groups in total. The maximum absolute atomic E-state index is 15.2.